The van der Waals surface area contributed by atoms with Crippen molar-refractivity contribution in [1.82, 2.24) is 10.3 Å². The third-order valence-electron chi connectivity index (χ3n) is 4.03. The molecule has 5 heteroatoms. The molecule has 132 valence electrons. The van der Waals surface area contributed by atoms with E-state index in [2.05, 4.69) is 39.5 Å². The van der Waals surface area contributed by atoms with Crippen molar-refractivity contribution in [3.8, 4) is 0 Å². The van der Waals surface area contributed by atoms with Crippen LogP contribution in [0.2, 0.25) is 0 Å². The van der Waals surface area contributed by atoms with Gasteiger partial charge in [-0.25, -0.2) is 9.78 Å². The summed E-state index contributed by atoms with van der Waals surface area (Å²) in [5.41, 5.74) is 3.06. The van der Waals surface area contributed by atoms with E-state index in [1.165, 1.54) is 11.3 Å². The Hall–Kier alpha value is -2.56. The van der Waals surface area contributed by atoms with Crippen molar-refractivity contribution >= 4 is 17.6 Å². The summed E-state index contributed by atoms with van der Waals surface area (Å²) in [6.45, 7) is 6.91. The minimum absolute atomic E-state index is 0.402. The first-order valence-electron chi connectivity index (χ1n) is 8.69. The maximum absolute atomic E-state index is 11.7. The van der Waals surface area contributed by atoms with E-state index in [0.717, 1.165) is 30.8 Å². The summed E-state index contributed by atoms with van der Waals surface area (Å²) in [7, 11) is 0. The lowest BCUT2D eigenvalue weighted by Crippen LogP contribution is -2.32. The Balaban J connectivity index is 1.64. The Kier molecular flexibility index (Phi) is 4.93. The molecular formula is C20H25N3O2. The van der Waals surface area contributed by atoms with Crippen molar-refractivity contribution in [3.63, 3.8) is 0 Å². The Morgan fingerprint density at radius 2 is 2.04 bits per heavy atom. The highest BCUT2D eigenvalue weighted by Crippen LogP contribution is 2.31. The lowest BCUT2D eigenvalue weighted by molar-refractivity contribution is 0.0523. The number of fused-ring (bicyclic) bond motifs is 1. The summed E-state index contributed by atoms with van der Waals surface area (Å²) in [6, 6.07) is 12.5. The largest absolute Gasteiger partial charge is 0.444 e. The maximum atomic E-state index is 11.7. The number of amides is 1. The Morgan fingerprint density at radius 3 is 2.76 bits per heavy atom. The Bertz CT molecular complexity index is 735. The number of aromatic nitrogens is 1. The fourth-order valence-corrected chi connectivity index (χ4v) is 2.94. The third kappa shape index (κ3) is 4.50. The van der Waals surface area contributed by atoms with Gasteiger partial charge in [0.05, 0.1) is 0 Å². The van der Waals surface area contributed by atoms with Gasteiger partial charge >= 0.3 is 6.09 Å². The van der Waals surface area contributed by atoms with Crippen LogP contribution in [0.5, 0.6) is 0 Å². The molecule has 0 saturated carbocycles. The van der Waals surface area contributed by atoms with Gasteiger partial charge in [0.1, 0.15) is 11.4 Å². The molecule has 0 bridgehead atoms. The van der Waals surface area contributed by atoms with Crippen molar-refractivity contribution in [2.45, 2.75) is 45.8 Å². The Morgan fingerprint density at radius 1 is 1.24 bits per heavy atom. The second kappa shape index (κ2) is 7.13. The number of hydrogen-bond acceptors (Lipinski definition) is 4. The Labute approximate surface area is 149 Å². The average molecular weight is 339 g/mol. The van der Waals surface area contributed by atoms with Crippen LogP contribution >= 0.6 is 0 Å². The number of rotatable bonds is 3. The first-order chi connectivity index (χ1) is 11.9. The molecule has 2 aromatic rings. The van der Waals surface area contributed by atoms with Crippen LogP contribution in [0.25, 0.3) is 0 Å². The number of benzene rings is 1. The van der Waals surface area contributed by atoms with E-state index in [4.69, 9.17) is 4.74 Å². The molecule has 0 atom stereocenters. The summed E-state index contributed by atoms with van der Waals surface area (Å²) in [5, 5.41) is 2.76. The number of ether oxygens (including phenoxy) is 1. The van der Waals surface area contributed by atoms with Crippen LogP contribution in [0.3, 0.4) is 0 Å². The van der Waals surface area contributed by atoms with Gasteiger partial charge in [-0.05, 0) is 56.9 Å². The van der Waals surface area contributed by atoms with E-state index in [0.29, 0.717) is 6.54 Å². The number of carbonyl (C=O) groups is 1. The molecule has 1 aliphatic rings. The lowest BCUT2D eigenvalue weighted by Gasteiger charge is -2.30. The van der Waals surface area contributed by atoms with E-state index in [1.54, 1.807) is 0 Å². The molecule has 0 unspecified atom stereocenters. The zero-order valence-corrected chi connectivity index (χ0v) is 15.1. The maximum Gasteiger partial charge on any atom is 0.407 e. The number of carbonyl (C=O) groups excluding carboxylic acids is 1. The monoisotopic (exact) mass is 339 g/mol. The predicted octanol–water partition coefficient (Wildman–Crippen LogP) is 4.19. The number of nitrogens with zero attached hydrogens (tertiary/aromatic N) is 2. The van der Waals surface area contributed by atoms with Gasteiger partial charge in [0.15, 0.2) is 0 Å². The van der Waals surface area contributed by atoms with Crippen LogP contribution in [0.15, 0.2) is 42.6 Å². The molecule has 0 radical (unpaired) electrons. The zero-order chi connectivity index (χ0) is 17.9. The second-order valence-electron chi connectivity index (χ2n) is 7.26. The highest BCUT2D eigenvalue weighted by Gasteiger charge is 2.19. The van der Waals surface area contributed by atoms with Gasteiger partial charge < -0.3 is 15.0 Å². The standard InChI is InChI=1S/C20H25N3O2/c1-20(2,3)25-19(24)22-14-15-10-11-18(21-13-15)23-12-6-8-16-7-4-5-9-17(16)23/h4-5,7,9-11,13H,6,8,12,14H2,1-3H3,(H,22,24). The molecule has 1 aliphatic heterocycles. The summed E-state index contributed by atoms with van der Waals surface area (Å²) in [5.74, 6) is 0.938. The van der Waals surface area contributed by atoms with Crippen molar-refractivity contribution in [1.29, 1.82) is 0 Å². The van der Waals surface area contributed by atoms with Crippen LogP contribution in [0, 0.1) is 0 Å². The van der Waals surface area contributed by atoms with Crippen molar-refractivity contribution in [2.75, 3.05) is 11.4 Å². The summed E-state index contributed by atoms with van der Waals surface area (Å²) < 4.78 is 5.24. The molecule has 25 heavy (non-hydrogen) atoms. The fraction of sp³-hybridized carbons (Fsp3) is 0.400. The topological polar surface area (TPSA) is 54.5 Å². The van der Waals surface area contributed by atoms with Gasteiger partial charge in [0.25, 0.3) is 0 Å². The van der Waals surface area contributed by atoms with Crippen molar-refractivity contribution < 1.29 is 9.53 Å². The quantitative estimate of drug-likeness (QED) is 0.911. The number of alkyl carbamates (subject to hydrolysis) is 1. The van der Waals surface area contributed by atoms with Crippen molar-refractivity contribution in [2.24, 2.45) is 0 Å². The molecule has 0 saturated heterocycles. The van der Waals surface area contributed by atoms with Crippen LogP contribution in [0.4, 0.5) is 16.3 Å². The van der Waals surface area contributed by atoms with Crippen LogP contribution in [0.1, 0.15) is 38.3 Å². The number of hydrogen-bond donors (Lipinski definition) is 1. The van der Waals surface area contributed by atoms with Crippen molar-refractivity contribution in [3.05, 3.63) is 53.7 Å². The van der Waals surface area contributed by atoms with Gasteiger partial charge in [-0.15, -0.1) is 0 Å². The zero-order valence-electron chi connectivity index (χ0n) is 15.1. The fourth-order valence-electron chi connectivity index (χ4n) is 2.94. The molecule has 1 amide bonds. The summed E-state index contributed by atoms with van der Waals surface area (Å²) in [4.78, 5) is 18.6. The highest BCUT2D eigenvalue weighted by atomic mass is 16.6. The van der Waals surface area contributed by atoms with Gasteiger partial charge in [0, 0.05) is 25.0 Å². The van der Waals surface area contributed by atoms with Crippen LogP contribution in [-0.4, -0.2) is 23.2 Å². The molecule has 2 heterocycles. The molecule has 0 fully saturated rings. The molecule has 0 spiro atoms. The van der Waals surface area contributed by atoms with E-state index in [9.17, 15) is 4.79 Å². The number of anilines is 2. The number of aryl methyl sites for hydroxylation is 1. The van der Waals surface area contributed by atoms with Crippen LogP contribution < -0.4 is 10.2 Å². The van der Waals surface area contributed by atoms with Crippen LogP contribution in [-0.2, 0) is 17.7 Å². The first-order valence-corrected chi connectivity index (χ1v) is 8.69. The van der Waals surface area contributed by atoms with E-state index in [-0.39, 0.29) is 0 Å². The highest BCUT2D eigenvalue weighted by molar-refractivity contribution is 5.68. The van der Waals surface area contributed by atoms with Gasteiger partial charge in [-0.2, -0.15) is 0 Å². The third-order valence-corrected chi connectivity index (χ3v) is 4.03. The molecule has 3 rings (SSSR count). The number of pyridine rings is 1. The summed E-state index contributed by atoms with van der Waals surface area (Å²) in [6.07, 6.45) is 3.64. The van der Waals surface area contributed by atoms with E-state index >= 15 is 0 Å². The molecule has 1 N–H and O–H groups in total. The van der Waals surface area contributed by atoms with E-state index in [1.807, 2.05) is 39.1 Å². The predicted molar refractivity (Wildman–Crippen MR) is 99.1 cm³/mol. The molecule has 0 aliphatic carbocycles. The normalized spacial score (nSPS) is 14.0. The summed E-state index contributed by atoms with van der Waals surface area (Å²) >= 11 is 0. The second-order valence-corrected chi connectivity index (χ2v) is 7.26. The number of nitrogens with one attached hydrogen (secondary N) is 1. The van der Waals surface area contributed by atoms with E-state index < -0.39 is 11.7 Å². The van der Waals surface area contributed by atoms with Gasteiger partial charge in [-0.1, -0.05) is 24.3 Å². The number of para-hydroxylation sites is 1. The first kappa shape index (κ1) is 17.3. The lowest BCUT2D eigenvalue weighted by atomic mass is 10.0. The molecular weight excluding hydrogens is 314 g/mol. The van der Waals surface area contributed by atoms with Gasteiger partial charge in [-0.3, -0.25) is 0 Å². The molecule has 1 aromatic carbocycles. The molecule has 1 aromatic heterocycles. The smallest absolute Gasteiger partial charge is 0.407 e. The SMILES string of the molecule is CC(C)(C)OC(=O)NCc1ccc(N2CCCc3ccccc32)nc1. The van der Waals surface area contributed by atoms with Gasteiger partial charge in [0.2, 0.25) is 0 Å². The molecule has 5 nitrogen and oxygen atoms in total. The minimum atomic E-state index is -0.492. The minimum Gasteiger partial charge on any atom is -0.444 e. The average Bonchev–Trinajstić information content (AvgIpc) is 2.58.